The third-order valence-corrected chi connectivity index (χ3v) is 2.96. The van der Waals surface area contributed by atoms with E-state index in [1.54, 1.807) is 0 Å². The first kappa shape index (κ1) is 12.2. The second-order valence-corrected chi connectivity index (χ2v) is 4.92. The van der Waals surface area contributed by atoms with Gasteiger partial charge in [-0.25, -0.2) is 0 Å². The summed E-state index contributed by atoms with van der Waals surface area (Å²) in [4.78, 5) is 11.7. The van der Waals surface area contributed by atoms with Gasteiger partial charge in [-0.05, 0) is 30.5 Å². The molecule has 0 aliphatic heterocycles. The van der Waals surface area contributed by atoms with Crippen LogP contribution in [0.5, 0.6) is 0 Å². The predicted octanol–water partition coefficient (Wildman–Crippen LogP) is 3.14. The molecule has 0 saturated carbocycles. The fraction of sp³-hybridized carbons (Fsp3) is 0.417. The van der Waals surface area contributed by atoms with Crippen molar-refractivity contribution in [1.82, 2.24) is 5.32 Å². The lowest BCUT2D eigenvalue weighted by Gasteiger charge is -2.08. The Balaban J connectivity index is 2.70. The van der Waals surface area contributed by atoms with Gasteiger partial charge in [-0.2, -0.15) is 0 Å². The Kier molecular flexibility index (Phi) is 4.33. The Morgan fingerprint density at radius 3 is 2.67 bits per heavy atom. The van der Waals surface area contributed by atoms with E-state index in [2.05, 4.69) is 35.1 Å². The Hall–Kier alpha value is -0.830. The van der Waals surface area contributed by atoms with Gasteiger partial charge >= 0.3 is 0 Å². The summed E-state index contributed by atoms with van der Waals surface area (Å²) in [6, 6.07) is 5.63. The molecule has 0 spiro atoms. The molecule has 82 valence electrons. The molecule has 15 heavy (non-hydrogen) atoms. The molecule has 0 aliphatic carbocycles. The van der Waals surface area contributed by atoms with Gasteiger partial charge in [0, 0.05) is 16.6 Å². The molecule has 2 nitrogen and oxygen atoms in total. The van der Waals surface area contributed by atoms with E-state index in [9.17, 15) is 4.79 Å². The van der Waals surface area contributed by atoms with E-state index in [1.807, 2.05) is 25.1 Å². The first-order valence-corrected chi connectivity index (χ1v) is 5.84. The topological polar surface area (TPSA) is 29.1 Å². The number of aryl methyl sites for hydroxylation is 1. The Morgan fingerprint density at radius 2 is 2.13 bits per heavy atom. The summed E-state index contributed by atoms with van der Waals surface area (Å²) >= 11 is 3.41. The van der Waals surface area contributed by atoms with Crippen molar-refractivity contribution < 1.29 is 4.79 Å². The predicted molar refractivity (Wildman–Crippen MR) is 66.1 cm³/mol. The van der Waals surface area contributed by atoms with E-state index >= 15 is 0 Å². The van der Waals surface area contributed by atoms with Crippen LogP contribution in [0.4, 0.5) is 0 Å². The number of hydrogen-bond donors (Lipinski definition) is 1. The zero-order chi connectivity index (χ0) is 11.4. The first-order valence-electron chi connectivity index (χ1n) is 5.05. The van der Waals surface area contributed by atoms with Crippen LogP contribution in [-0.2, 0) is 0 Å². The highest BCUT2D eigenvalue weighted by Gasteiger charge is 2.06. The van der Waals surface area contributed by atoms with Crippen LogP contribution < -0.4 is 5.32 Å². The summed E-state index contributed by atoms with van der Waals surface area (Å²) < 4.78 is 0.972. The molecule has 0 atom stereocenters. The van der Waals surface area contributed by atoms with E-state index < -0.39 is 0 Å². The first-order chi connectivity index (χ1) is 7.00. The molecule has 0 unspecified atom stereocenters. The molecule has 0 aliphatic rings. The molecule has 3 heteroatoms. The molecule has 0 radical (unpaired) electrons. The summed E-state index contributed by atoms with van der Waals surface area (Å²) in [6.07, 6.45) is 0. The van der Waals surface area contributed by atoms with Crippen molar-refractivity contribution in [2.45, 2.75) is 20.8 Å². The highest BCUT2D eigenvalue weighted by Crippen LogP contribution is 2.17. The summed E-state index contributed by atoms with van der Waals surface area (Å²) in [5.74, 6) is 0.465. The molecule has 0 bridgehead atoms. The van der Waals surface area contributed by atoms with E-state index in [1.165, 1.54) is 0 Å². The number of carbonyl (C=O) groups excluding carboxylic acids is 1. The second-order valence-electron chi connectivity index (χ2n) is 4.07. The molecule has 0 aromatic heterocycles. The summed E-state index contributed by atoms with van der Waals surface area (Å²) in [7, 11) is 0. The normalized spacial score (nSPS) is 10.5. The quantitative estimate of drug-likeness (QED) is 0.898. The highest BCUT2D eigenvalue weighted by atomic mass is 79.9. The van der Waals surface area contributed by atoms with Gasteiger partial charge in [0.25, 0.3) is 5.91 Å². The maximum Gasteiger partial charge on any atom is 0.251 e. The number of nitrogens with one attached hydrogen (secondary N) is 1. The number of amides is 1. The number of rotatable bonds is 3. The van der Waals surface area contributed by atoms with Crippen LogP contribution in [0.1, 0.15) is 29.8 Å². The minimum atomic E-state index is -0.00981. The molecule has 1 amide bonds. The van der Waals surface area contributed by atoms with E-state index in [0.29, 0.717) is 18.0 Å². The second kappa shape index (κ2) is 5.31. The third kappa shape index (κ3) is 3.67. The molecule has 0 fully saturated rings. The van der Waals surface area contributed by atoms with Crippen molar-refractivity contribution in [3.8, 4) is 0 Å². The maximum absolute atomic E-state index is 11.7. The standard InChI is InChI=1S/C12H16BrNO/c1-8(2)7-14-12(15)10-5-4-9(3)11(13)6-10/h4-6,8H,7H2,1-3H3,(H,14,15). The monoisotopic (exact) mass is 269 g/mol. The molecular formula is C12H16BrNO. The SMILES string of the molecule is Cc1ccc(C(=O)NCC(C)C)cc1Br. The molecular weight excluding hydrogens is 254 g/mol. The molecule has 1 rings (SSSR count). The zero-order valence-electron chi connectivity index (χ0n) is 9.30. The van der Waals surface area contributed by atoms with Crippen molar-refractivity contribution in [1.29, 1.82) is 0 Å². The van der Waals surface area contributed by atoms with Crippen LogP contribution in [0.2, 0.25) is 0 Å². The number of hydrogen-bond acceptors (Lipinski definition) is 1. The van der Waals surface area contributed by atoms with Gasteiger partial charge in [0.05, 0.1) is 0 Å². The highest BCUT2D eigenvalue weighted by molar-refractivity contribution is 9.10. The average molecular weight is 270 g/mol. The summed E-state index contributed by atoms with van der Waals surface area (Å²) in [5.41, 5.74) is 1.84. The molecule has 1 aromatic rings. The third-order valence-electron chi connectivity index (χ3n) is 2.10. The summed E-state index contributed by atoms with van der Waals surface area (Å²) in [6.45, 7) is 6.86. The Bertz CT molecular complexity index is 361. The van der Waals surface area contributed by atoms with Crippen molar-refractivity contribution in [3.05, 3.63) is 33.8 Å². The lowest BCUT2D eigenvalue weighted by molar-refractivity contribution is 0.0949. The van der Waals surface area contributed by atoms with Gasteiger partial charge in [0.2, 0.25) is 0 Å². The van der Waals surface area contributed by atoms with Gasteiger partial charge in [0.1, 0.15) is 0 Å². The van der Waals surface area contributed by atoms with Crippen molar-refractivity contribution in [2.24, 2.45) is 5.92 Å². The fourth-order valence-corrected chi connectivity index (χ4v) is 1.51. The van der Waals surface area contributed by atoms with E-state index in [4.69, 9.17) is 0 Å². The van der Waals surface area contributed by atoms with Gasteiger partial charge in [-0.3, -0.25) is 4.79 Å². The van der Waals surface area contributed by atoms with Crippen LogP contribution in [0, 0.1) is 12.8 Å². The van der Waals surface area contributed by atoms with Gasteiger partial charge < -0.3 is 5.32 Å². The van der Waals surface area contributed by atoms with Crippen LogP contribution in [0.25, 0.3) is 0 Å². The maximum atomic E-state index is 11.7. The van der Waals surface area contributed by atoms with Crippen LogP contribution >= 0.6 is 15.9 Å². The van der Waals surface area contributed by atoms with Crippen molar-refractivity contribution in [2.75, 3.05) is 6.54 Å². The van der Waals surface area contributed by atoms with Crippen molar-refractivity contribution >= 4 is 21.8 Å². The smallest absolute Gasteiger partial charge is 0.251 e. The minimum Gasteiger partial charge on any atom is -0.352 e. The molecule has 1 N–H and O–H groups in total. The molecule has 0 saturated heterocycles. The van der Waals surface area contributed by atoms with E-state index in [-0.39, 0.29) is 5.91 Å². The van der Waals surface area contributed by atoms with Gasteiger partial charge in [0.15, 0.2) is 0 Å². The zero-order valence-corrected chi connectivity index (χ0v) is 10.9. The van der Waals surface area contributed by atoms with Crippen LogP contribution in [0.15, 0.2) is 22.7 Å². The molecule has 1 aromatic carbocycles. The average Bonchev–Trinajstić information content (AvgIpc) is 2.18. The van der Waals surface area contributed by atoms with Crippen molar-refractivity contribution in [3.63, 3.8) is 0 Å². The van der Waals surface area contributed by atoms with Crippen LogP contribution in [-0.4, -0.2) is 12.5 Å². The van der Waals surface area contributed by atoms with Crippen LogP contribution in [0.3, 0.4) is 0 Å². The lowest BCUT2D eigenvalue weighted by Crippen LogP contribution is -2.27. The number of halogens is 1. The number of carbonyl (C=O) groups is 1. The van der Waals surface area contributed by atoms with Gasteiger partial charge in [-0.1, -0.05) is 35.8 Å². The minimum absolute atomic E-state index is 0.00981. The Morgan fingerprint density at radius 1 is 1.47 bits per heavy atom. The Labute approximate surface area is 99.2 Å². The fourth-order valence-electron chi connectivity index (χ4n) is 1.13. The molecule has 0 heterocycles. The summed E-state index contributed by atoms with van der Waals surface area (Å²) in [5, 5.41) is 2.89. The van der Waals surface area contributed by atoms with Gasteiger partial charge in [-0.15, -0.1) is 0 Å². The van der Waals surface area contributed by atoms with E-state index in [0.717, 1.165) is 10.0 Å². The lowest BCUT2D eigenvalue weighted by atomic mass is 10.1. The largest absolute Gasteiger partial charge is 0.352 e. The number of benzene rings is 1.